The van der Waals surface area contributed by atoms with E-state index < -0.39 is 10.8 Å². The average molecular weight is 1500 g/mol. The van der Waals surface area contributed by atoms with Crippen molar-refractivity contribution in [1.29, 1.82) is 0 Å². The minimum Gasteiger partial charge on any atom is -0.449 e. The molecule has 2 aliphatic heterocycles. The van der Waals surface area contributed by atoms with Gasteiger partial charge >= 0.3 is 0 Å². The van der Waals surface area contributed by atoms with E-state index in [0.29, 0.717) is 80.9 Å². The highest BCUT2D eigenvalue weighted by atomic mass is 16.6. The molecule has 117 heavy (non-hydrogen) atoms. The molecule has 0 radical (unpaired) electrons. The molecule has 5 aliphatic rings. The maximum absolute atomic E-state index is 7.24. The summed E-state index contributed by atoms with van der Waals surface area (Å²) >= 11 is 0. The summed E-state index contributed by atoms with van der Waals surface area (Å²) in [6, 6.07) is 132. The summed E-state index contributed by atoms with van der Waals surface area (Å²) in [5, 5.41) is 0. The van der Waals surface area contributed by atoms with Crippen LogP contribution in [-0.2, 0) is 16.2 Å². The monoisotopic (exact) mass is 1500 g/mol. The highest BCUT2D eigenvalue weighted by Gasteiger charge is 2.50. The second-order valence-electron chi connectivity index (χ2n) is 31.1. The Balaban J connectivity index is 0.568. The van der Waals surface area contributed by atoms with Crippen LogP contribution in [0.2, 0.25) is 0 Å². The van der Waals surface area contributed by atoms with E-state index in [1.807, 2.05) is 54.6 Å². The van der Waals surface area contributed by atoms with E-state index in [1.165, 1.54) is 55.6 Å². The normalized spacial score (nSPS) is 13.9. The predicted octanol–water partition coefficient (Wildman–Crippen LogP) is 26.2. The molecule has 10 heteroatoms. The number of benzene rings is 16. The Morgan fingerprint density at radius 3 is 0.966 bits per heavy atom. The van der Waals surface area contributed by atoms with E-state index in [1.54, 1.807) is 0 Å². The van der Waals surface area contributed by atoms with E-state index in [2.05, 4.69) is 335 Å². The van der Waals surface area contributed by atoms with Gasteiger partial charge in [-0.25, -0.2) is 29.9 Å². The zero-order chi connectivity index (χ0) is 77.5. The Morgan fingerprint density at radius 1 is 0.188 bits per heavy atom. The van der Waals surface area contributed by atoms with Crippen LogP contribution in [0.15, 0.2) is 376 Å². The summed E-state index contributed by atoms with van der Waals surface area (Å²) in [4.78, 5) is 31.7. The molecule has 0 N–H and O–H groups in total. The molecule has 3 aliphatic carbocycles. The summed E-state index contributed by atoms with van der Waals surface area (Å²) in [5.74, 6) is 8.34. The number of rotatable bonds is 12. The highest BCUT2D eigenvalue weighted by molar-refractivity contribution is 5.95. The number of hydrogen-bond donors (Lipinski definition) is 0. The van der Waals surface area contributed by atoms with Gasteiger partial charge in [0, 0.05) is 49.9 Å². The second kappa shape index (κ2) is 26.4. The lowest BCUT2D eigenvalue weighted by Crippen LogP contribution is -2.28. The molecular weight excluding hydrogens is 1430 g/mol. The first-order valence-electron chi connectivity index (χ1n) is 39.6. The van der Waals surface area contributed by atoms with E-state index in [0.717, 1.165) is 89.0 Å². The SMILES string of the molecule is CC1(C)c2ccccc2-c2ccc(-c3nc(-c4ccc(-c5cccc(-c6nc(-c7ccccc7)nc(-c7ccc(-c8ccc9c(c8)Oc8c(ccc%10c8-c8ccccc8C%10(c8ccccc8)c8ccccc8)O9)cc7)n6)c5)cc4)nc(-c4ccc5c(c4)Oc4c(ccc6c4-c4ccccc4C6(c4ccccc4)c4ccccc4)O5)n3)cc21. The lowest BCUT2D eigenvalue weighted by molar-refractivity contribution is 0.360. The van der Waals surface area contributed by atoms with Gasteiger partial charge < -0.3 is 18.9 Å². The largest absolute Gasteiger partial charge is 0.449 e. The van der Waals surface area contributed by atoms with Crippen molar-refractivity contribution in [2.45, 2.75) is 30.1 Å². The Morgan fingerprint density at radius 2 is 0.496 bits per heavy atom. The molecular formula is C107H68N6O4. The summed E-state index contributed by atoms with van der Waals surface area (Å²) in [6.07, 6.45) is 0. The van der Waals surface area contributed by atoms with Gasteiger partial charge in [0.05, 0.1) is 10.8 Å². The first-order chi connectivity index (χ1) is 57.7. The van der Waals surface area contributed by atoms with Crippen LogP contribution in [0.1, 0.15) is 69.5 Å². The maximum atomic E-state index is 7.24. The van der Waals surface area contributed by atoms with Crippen molar-refractivity contribution < 1.29 is 18.9 Å². The van der Waals surface area contributed by atoms with Crippen molar-refractivity contribution in [3.05, 3.63) is 432 Å². The number of fused-ring (bicyclic) bond motifs is 15. The van der Waals surface area contributed by atoms with Gasteiger partial charge in [0.15, 0.2) is 80.9 Å². The lowest BCUT2D eigenvalue weighted by atomic mass is 9.68. The molecule has 16 aromatic carbocycles. The van der Waals surface area contributed by atoms with E-state index in [4.69, 9.17) is 48.9 Å². The van der Waals surface area contributed by atoms with E-state index in [-0.39, 0.29) is 5.41 Å². The van der Waals surface area contributed by atoms with Crippen molar-refractivity contribution in [3.8, 4) is 170 Å². The fraction of sp³-hybridized carbons (Fsp3) is 0.0467. The van der Waals surface area contributed by atoms with Crippen LogP contribution in [0.25, 0.3) is 124 Å². The molecule has 4 heterocycles. The van der Waals surface area contributed by atoms with Gasteiger partial charge in [-0.15, -0.1) is 0 Å². The highest BCUT2D eigenvalue weighted by Crippen LogP contribution is 2.65. The summed E-state index contributed by atoms with van der Waals surface area (Å²) < 4.78 is 28.0. The minimum absolute atomic E-state index is 0.251. The molecule has 2 aromatic heterocycles. The topological polar surface area (TPSA) is 114 Å². The number of nitrogens with zero attached hydrogens (tertiary/aromatic N) is 6. The third-order valence-corrected chi connectivity index (χ3v) is 24.3. The lowest BCUT2D eigenvalue weighted by Gasteiger charge is -2.34. The van der Waals surface area contributed by atoms with Crippen molar-refractivity contribution >= 4 is 0 Å². The molecule has 10 nitrogen and oxygen atoms in total. The Kier molecular flexibility index (Phi) is 15.2. The summed E-state index contributed by atoms with van der Waals surface area (Å²) in [6.45, 7) is 4.59. The zero-order valence-corrected chi connectivity index (χ0v) is 63.6. The van der Waals surface area contributed by atoms with Crippen molar-refractivity contribution in [3.63, 3.8) is 0 Å². The van der Waals surface area contributed by atoms with Gasteiger partial charge in [0.25, 0.3) is 0 Å². The van der Waals surface area contributed by atoms with Gasteiger partial charge in [-0.1, -0.05) is 335 Å². The first kappa shape index (κ1) is 67.4. The number of hydrogen-bond acceptors (Lipinski definition) is 10. The van der Waals surface area contributed by atoms with Crippen LogP contribution >= 0.6 is 0 Å². The molecule has 0 bridgehead atoms. The molecule has 550 valence electrons. The van der Waals surface area contributed by atoms with Crippen LogP contribution in [0.4, 0.5) is 0 Å². The van der Waals surface area contributed by atoms with Gasteiger partial charge in [-0.3, -0.25) is 0 Å². The maximum Gasteiger partial charge on any atom is 0.178 e. The van der Waals surface area contributed by atoms with Crippen LogP contribution < -0.4 is 18.9 Å². The van der Waals surface area contributed by atoms with Gasteiger partial charge in [0.1, 0.15) is 0 Å². The Bertz CT molecular complexity index is 7000. The van der Waals surface area contributed by atoms with E-state index >= 15 is 0 Å². The van der Waals surface area contributed by atoms with Crippen LogP contribution in [0, 0.1) is 0 Å². The predicted molar refractivity (Wildman–Crippen MR) is 462 cm³/mol. The summed E-state index contributed by atoms with van der Waals surface area (Å²) in [5.41, 5.74) is 26.0. The molecule has 0 saturated heterocycles. The van der Waals surface area contributed by atoms with Crippen molar-refractivity contribution in [2.75, 3.05) is 0 Å². The van der Waals surface area contributed by atoms with E-state index in [9.17, 15) is 0 Å². The van der Waals surface area contributed by atoms with Crippen molar-refractivity contribution in [1.82, 2.24) is 29.9 Å². The fourth-order valence-electron chi connectivity index (χ4n) is 18.9. The smallest absolute Gasteiger partial charge is 0.178 e. The average Bonchev–Trinajstić information content (AvgIpc) is 1.54. The third kappa shape index (κ3) is 10.6. The minimum atomic E-state index is -0.620. The fourth-order valence-corrected chi connectivity index (χ4v) is 18.9. The molecule has 0 spiro atoms. The zero-order valence-electron chi connectivity index (χ0n) is 63.6. The third-order valence-electron chi connectivity index (χ3n) is 24.3. The van der Waals surface area contributed by atoms with Crippen LogP contribution in [0.5, 0.6) is 46.0 Å². The van der Waals surface area contributed by atoms with Gasteiger partial charge in [-0.2, -0.15) is 0 Å². The van der Waals surface area contributed by atoms with Crippen molar-refractivity contribution in [2.24, 2.45) is 0 Å². The quantitative estimate of drug-likeness (QED) is 0.117. The molecule has 0 saturated carbocycles. The molecule has 23 rings (SSSR count). The number of ether oxygens (including phenoxy) is 4. The van der Waals surface area contributed by atoms with Gasteiger partial charge in [0.2, 0.25) is 0 Å². The first-order valence-corrected chi connectivity index (χ1v) is 39.6. The molecule has 0 fully saturated rings. The molecule has 0 amide bonds. The molecule has 0 atom stereocenters. The second-order valence-corrected chi connectivity index (χ2v) is 31.1. The molecule has 0 unspecified atom stereocenters. The Hall–Kier alpha value is -15.3. The van der Waals surface area contributed by atoms with Gasteiger partial charge in [-0.05, 0) is 155 Å². The number of aromatic nitrogens is 6. The molecule has 18 aromatic rings. The standard InChI is InChI=1S/C107H68N6O4/c1-105(2)83-40-21-18-37-79(83)80-54-51-73(62-88(80)105)103-111-101(112-104(113-103)74-53-58-90-94(64-74)117-98-92(115-90)60-56-87-96(98)82-39-20-23-42-85(82)107(87,77-33-14-6-15-34-77)78-35-16-7-17-36-78)69-47-43-65(44-48-69)70-27-24-28-72(61-70)102-109-99(67-25-8-3-9-26-67)108-100(110-102)68-49-45-66(46-50-68)71-52-57-89-93(63-71)116-97-91(114-89)59-55-86-95(97)81-38-19-22-41-84(81)106(86,75-29-10-4-11-30-75)76-31-12-5-13-32-76/h3-64H,1-2H3. The van der Waals surface area contributed by atoms with Crippen LogP contribution in [0.3, 0.4) is 0 Å². The van der Waals surface area contributed by atoms with Crippen LogP contribution in [-0.4, -0.2) is 29.9 Å². The summed E-state index contributed by atoms with van der Waals surface area (Å²) in [7, 11) is 0. The Labute approximate surface area is 676 Å².